The predicted molar refractivity (Wildman–Crippen MR) is 57.1 cm³/mol. The van der Waals surface area contributed by atoms with Crippen molar-refractivity contribution < 1.29 is 9.84 Å². The third-order valence-corrected chi connectivity index (χ3v) is 2.47. The quantitative estimate of drug-likeness (QED) is 0.812. The van der Waals surface area contributed by atoms with Gasteiger partial charge in [0.25, 0.3) is 0 Å². The molecule has 0 spiro atoms. The van der Waals surface area contributed by atoms with E-state index in [0.29, 0.717) is 22.9 Å². The van der Waals surface area contributed by atoms with Crippen LogP contribution in [0.3, 0.4) is 0 Å². The van der Waals surface area contributed by atoms with Crippen molar-refractivity contribution in [2.45, 2.75) is 12.8 Å². The van der Waals surface area contributed by atoms with Crippen molar-refractivity contribution in [2.24, 2.45) is 5.73 Å². The standard InChI is InChI=1S/C10H14ClNO2/c1-6(5-12)9-8(13)4-3-7(11)10(9)14-2/h3-4,6,13H,5,12H2,1-2H3. The van der Waals surface area contributed by atoms with Crippen molar-refractivity contribution in [1.82, 2.24) is 0 Å². The number of halogens is 1. The first-order valence-electron chi connectivity index (χ1n) is 4.37. The summed E-state index contributed by atoms with van der Waals surface area (Å²) in [5.74, 6) is 0.692. The summed E-state index contributed by atoms with van der Waals surface area (Å²) in [5, 5.41) is 10.1. The summed E-state index contributed by atoms with van der Waals surface area (Å²) in [4.78, 5) is 0. The molecule has 0 aliphatic carbocycles. The second-order valence-corrected chi connectivity index (χ2v) is 3.56. The molecule has 78 valence electrons. The summed E-state index contributed by atoms with van der Waals surface area (Å²) in [6.07, 6.45) is 0. The van der Waals surface area contributed by atoms with E-state index in [1.54, 1.807) is 12.1 Å². The summed E-state index contributed by atoms with van der Waals surface area (Å²) in [5.41, 5.74) is 6.21. The molecule has 0 radical (unpaired) electrons. The normalized spacial score (nSPS) is 12.6. The van der Waals surface area contributed by atoms with E-state index >= 15 is 0 Å². The fourth-order valence-corrected chi connectivity index (χ4v) is 1.61. The fourth-order valence-electron chi connectivity index (χ4n) is 1.36. The zero-order valence-corrected chi connectivity index (χ0v) is 9.01. The van der Waals surface area contributed by atoms with E-state index in [4.69, 9.17) is 22.1 Å². The highest BCUT2D eigenvalue weighted by Crippen LogP contribution is 2.39. The zero-order chi connectivity index (χ0) is 10.7. The Kier molecular flexibility index (Phi) is 3.61. The van der Waals surface area contributed by atoms with Crippen LogP contribution in [0, 0.1) is 0 Å². The molecule has 1 atom stereocenters. The van der Waals surface area contributed by atoms with Crippen LogP contribution in [-0.4, -0.2) is 18.8 Å². The lowest BCUT2D eigenvalue weighted by Gasteiger charge is -2.16. The summed E-state index contributed by atoms with van der Waals surface area (Å²) in [6.45, 7) is 2.35. The molecule has 0 aromatic heterocycles. The number of hydrogen-bond acceptors (Lipinski definition) is 3. The molecule has 1 aromatic carbocycles. The molecule has 14 heavy (non-hydrogen) atoms. The number of phenolic OH excluding ortho intramolecular Hbond substituents is 1. The summed E-state index contributed by atoms with van der Waals surface area (Å²) in [6, 6.07) is 3.15. The Hall–Kier alpha value is -0.930. The van der Waals surface area contributed by atoms with Gasteiger partial charge in [-0.1, -0.05) is 18.5 Å². The first-order valence-corrected chi connectivity index (χ1v) is 4.75. The number of ether oxygens (including phenoxy) is 1. The maximum absolute atomic E-state index is 9.65. The SMILES string of the molecule is COc1c(Cl)ccc(O)c1C(C)CN. The van der Waals surface area contributed by atoms with Gasteiger partial charge in [0, 0.05) is 11.5 Å². The third-order valence-electron chi connectivity index (χ3n) is 2.18. The lowest BCUT2D eigenvalue weighted by molar-refractivity contribution is 0.395. The van der Waals surface area contributed by atoms with Crippen LogP contribution in [0.5, 0.6) is 11.5 Å². The minimum Gasteiger partial charge on any atom is -0.508 e. The number of aromatic hydroxyl groups is 1. The van der Waals surface area contributed by atoms with Crippen molar-refractivity contribution in [3.63, 3.8) is 0 Å². The Morgan fingerprint density at radius 1 is 1.57 bits per heavy atom. The largest absolute Gasteiger partial charge is 0.508 e. The number of phenols is 1. The molecule has 0 amide bonds. The van der Waals surface area contributed by atoms with Crippen LogP contribution < -0.4 is 10.5 Å². The predicted octanol–water partition coefficient (Wildman–Crippen LogP) is 2.12. The van der Waals surface area contributed by atoms with Crippen molar-refractivity contribution in [3.05, 3.63) is 22.7 Å². The van der Waals surface area contributed by atoms with Crippen LogP contribution in [-0.2, 0) is 0 Å². The highest BCUT2D eigenvalue weighted by Gasteiger charge is 2.17. The van der Waals surface area contributed by atoms with Gasteiger partial charge in [0.2, 0.25) is 0 Å². The van der Waals surface area contributed by atoms with Gasteiger partial charge in [0.15, 0.2) is 0 Å². The van der Waals surface area contributed by atoms with E-state index in [2.05, 4.69) is 0 Å². The molecule has 0 saturated heterocycles. The second kappa shape index (κ2) is 4.53. The molecule has 1 rings (SSSR count). The van der Waals surface area contributed by atoms with Gasteiger partial charge in [-0.05, 0) is 18.7 Å². The van der Waals surface area contributed by atoms with E-state index in [0.717, 1.165) is 0 Å². The van der Waals surface area contributed by atoms with Crippen LogP contribution in [0.25, 0.3) is 0 Å². The zero-order valence-electron chi connectivity index (χ0n) is 8.25. The summed E-state index contributed by atoms with van der Waals surface area (Å²) < 4.78 is 5.13. The van der Waals surface area contributed by atoms with Gasteiger partial charge in [0.05, 0.1) is 12.1 Å². The van der Waals surface area contributed by atoms with E-state index < -0.39 is 0 Å². The number of benzene rings is 1. The minimum absolute atomic E-state index is 0.0173. The van der Waals surface area contributed by atoms with Gasteiger partial charge in [-0.2, -0.15) is 0 Å². The number of nitrogens with two attached hydrogens (primary N) is 1. The fraction of sp³-hybridized carbons (Fsp3) is 0.400. The maximum Gasteiger partial charge on any atom is 0.144 e. The first-order chi connectivity index (χ1) is 6.61. The van der Waals surface area contributed by atoms with Gasteiger partial charge in [-0.3, -0.25) is 0 Å². The average Bonchev–Trinajstić information content (AvgIpc) is 2.19. The molecular weight excluding hydrogens is 202 g/mol. The van der Waals surface area contributed by atoms with Crippen molar-refractivity contribution >= 4 is 11.6 Å². The molecule has 0 aliphatic heterocycles. The van der Waals surface area contributed by atoms with Gasteiger partial charge >= 0.3 is 0 Å². The van der Waals surface area contributed by atoms with E-state index in [1.165, 1.54) is 7.11 Å². The van der Waals surface area contributed by atoms with Crippen LogP contribution in [0.2, 0.25) is 5.02 Å². The van der Waals surface area contributed by atoms with Crippen LogP contribution in [0.4, 0.5) is 0 Å². The Balaban J connectivity index is 3.29. The minimum atomic E-state index is 0.0173. The molecule has 4 heteroatoms. The van der Waals surface area contributed by atoms with Gasteiger partial charge in [0.1, 0.15) is 11.5 Å². The topological polar surface area (TPSA) is 55.5 Å². The van der Waals surface area contributed by atoms with Crippen molar-refractivity contribution in [1.29, 1.82) is 0 Å². The molecule has 1 aromatic rings. The Bertz CT molecular complexity index is 328. The third kappa shape index (κ3) is 1.94. The van der Waals surface area contributed by atoms with Crippen LogP contribution in [0.1, 0.15) is 18.4 Å². The summed E-state index contributed by atoms with van der Waals surface area (Å²) in [7, 11) is 1.52. The Morgan fingerprint density at radius 3 is 2.71 bits per heavy atom. The molecule has 0 aliphatic rings. The van der Waals surface area contributed by atoms with Gasteiger partial charge in [-0.15, -0.1) is 0 Å². The first kappa shape index (κ1) is 11.1. The average molecular weight is 216 g/mol. The van der Waals surface area contributed by atoms with Crippen LogP contribution in [0.15, 0.2) is 12.1 Å². The highest BCUT2D eigenvalue weighted by molar-refractivity contribution is 6.32. The van der Waals surface area contributed by atoms with Gasteiger partial charge < -0.3 is 15.6 Å². The molecule has 0 bridgehead atoms. The van der Waals surface area contributed by atoms with Crippen molar-refractivity contribution in [2.75, 3.05) is 13.7 Å². The van der Waals surface area contributed by atoms with E-state index in [9.17, 15) is 5.11 Å². The molecule has 0 saturated carbocycles. The monoisotopic (exact) mass is 215 g/mol. The summed E-state index contributed by atoms with van der Waals surface area (Å²) >= 11 is 5.93. The Labute approximate surface area is 88.4 Å². The van der Waals surface area contributed by atoms with E-state index in [1.807, 2.05) is 6.92 Å². The van der Waals surface area contributed by atoms with Crippen LogP contribution >= 0.6 is 11.6 Å². The maximum atomic E-state index is 9.65. The lowest BCUT2D eigenvalue weighted by Crippen LogP contribution is -2.10. The lowest BCUT2D eigenvalue weighted by atomic mass is 9.99. The number of rotatable bonds is 3. The van der Waals surface area contributed by atoms with Gasteiger partial charge in [-0.25, -0.2) is 0 Å². The number of methoxy groups -OCH3 is 1. The van der Waals surface area contributed by atoms with Crippen molar-refractivity contribution in [3.8, 4) is 11.5 Å². The molecular formula is C10H14ClNO2. The second-order valence-electron chi connectivity index (χ2n) is 3.15. The smallest absolute Gasteiger partial charge is 0.144 e. The molecule has 1 unspecified atom stereocenters. The molecule has 3 nitrogen and oxygen atoms in total. The molecule has 0 heterocycles. The molecule has 0 fully saturated rings. The van der Waals surface area contributed by atoms with E-state index in [-0.39, 0.29) is 11.7 Å². The highest BCUT2D eigenvalue weighted by atomic mass is 35.5. The Morgan fingerprint density at radius 2 is 2.21 bits per heavy atom. The molecule has 3 N–H and O–H groups in total. The number of hydrogen-bond donors (Lipinski definition) is 2.